The van der Waals surface area contributed by atoms with Crippen LogP contribution in [0.5, 0.6) is 0 Å². The number of benzene rings is 3. The van der Waals surface area contributed by atoms with Gasteiger partial charge in [0.05, 0.1) is 21.6 Å². The first-order valence-electron chi connectivity index (χ1n) is 8.41. The highest BCUT2D eigenvalue weighted by molar-refractivity contribution is 6.31. The fourth-order valence-electron chi connectivity index (χ4n) is 3.19. The molecular weight excluding hydrogens is 413 g/mol. The molecule has 0 aliphatic rings. The van der Waals surface area contributed by atoms with Crippen molar-refractivity contribution in [1.29, 1.82) is 0 Å². The zero-order chi connectivity index (χ0) is 20.7. The Hall–Kier alpha value is -3.42. The molecule has 29 heavy (non-hydrogen) atoms. The van der Waals surface area contributed by atoms with Gasteiger partial charge in [0.25, 0.3) is 5.69 Å². The highest BCUT2D eigenvalue weighted by Gasteiger charge is 2.27. The van der Waals surface area contributed by atoms with Gasteiger partial charge in [-0.15, -0.1) is 0 Å². The minimum Gasteiger partial charge on any atom is -0.381 e. The van der Waals surface area contributed by atoms with E-state index < -0.39 is 4.92 Å². The molecule has 0 unspecified atom stereocenters. The van der Waals surface area contributed by atoms with Gasteiger partial charge in [-0.05, 0) is 41.5 Å². The zero-order valence-electron chi connectivity index (χ0n) is 14.8. The average Bonchev–Trinajstić information content (AvgIpc) is 2.67. The fraction of sp³-hybridized carbons (Fsp3) is 0. The Morgan fingerprint density at radius 2 is 1.45 bits per heavy atom. The highest BCUT2D eigenvalue weighted by atomic mass is 35.5. The normalized spacial score (nSPS) is 11.0. The van der Waals surface area contributed by atoms with Crippen LogP contribution in [0.4, 0.5) is 17.3 Å². The zero-order valence-corrected chi connectivity index (χ0v) is 16.3. The predicted molar refractivity (Wildman–Crippen MR) is 116 cm³/mol. The first kappa shape index (κ1) is 18.9. The van der Waals surface area contributed by atoms with E-state index in [0.717, 1.165) is 0 Å². The second-order valence-corrected chi connectivity index (χ2v) is 7.16. The Bertz CT molecular complexity index is 1290. The van der Waals surface area contributed by atoms with Gasteiger partial charge < -0.3 is 11.5 Å². The molecule has 0 aliphatic heterocycles. The van der Waals surface area contributed by atoms with Crippen LogP contribution in [-0.4, -0.2) is 14.9 Å². The number of nitrogen functional groups attached to an aromatic ring is 2. The average molecular weight is 426 g/mol. The van der Waals surface area contributed by atoms with Crippen molar-refractivity contribution < 1.29 is 4.92 Å². The third-order valence-electron chi connectivity index (χ3n) is 4.42. The van der Waals surface area contributed by atoms with E-state index in [1.54, 1.807) is 54.6 Å². The largest absolute Gasteiger partial charge is 0.381 e. The van der Waals surface area contributed by atoms with Crippen molar-refractivity contribution in [3.63, 3.8) is 0 Å². The van der Waals surface area contributed by atoms with Gasteiger partial charge in [-0.1, -0.05) is 47.5 Å². The van der Waals surface area contributed by atoms with Gasteiger partial charge in [-0.3, -0.25) is 10.1 Å². The lowest BCUT2D eigenvalue weighted by Gasteiger charge is -2.13. The molecular formula is C20H13Cl2N5O2. The second-order valence-electron chi connectivity index (χ2n) is 6.29. The summed E-state index contributed by atoms with van der Waals surface area (Å²) in [7, 11) is 0. The Balaban J connectivity index is 2.21. The molecule has 0 fully saturated rings. The Labute approximate surface area is 175 Å². The summed E-state index contributed by atoms with van der Waals surface area (Å²) in [6.07, 6.45) is 0. The Morgan fingerprint density at radius 1 is 0.862 bits per heavy atom. The molecule has 0 radical (unpaired) electrons. The summed E-state index contributed by atoms with van der Waals surface area (Å²) in [5.74, 6) is 0.0334. The maximum Gasteiger partial charge on any atom is 0.287 e. The lowest BCUT2D eigenvalue weighted by molar-refractivity contribution is -0.383. The van der Waals surface area contributed by atoms with Crippen molar-refractivity contribution in [2.24, 2.45) is 0 Å². The minimum absolute atomic E-state index is 0.00872. The molecule has 1 aromatic heterocycles. The molecule has 4 N–H and O–H groups in total. The predicted octanol–water partition coefficient (Wildman–Crippen LogP) is 5.34. The number of nitro benzene ring substituents is 1. The van der Waals surface area contributed by atoms with Crippen LogP contribution >= 0.6 is 23.2 Å². The van der Waals surface area contributed by atoms with Crippen LogP contribution in [0.25, 0.3) is 33.3 Å². The molecule has 0 aliphatic carbocycles. The van der Waals surface area contributed by atoms with Crippen LogP contribution < -0.4 is 11.5 Å². The molecule has 4 aromatic rings. The first-order chi connectivity index (χ1) is 13.8. The molecule has 0 spiro atoms. The topological polar surface area (TPSA) is 121 Å². The summed E-state index contributed by atoms with van der Waals surface area (Å²) in [6.45, 7) is 0. The third kappa shape index (κ3) is 3.41. The maximum absolute atomic E-state index is 12.2. The van der Waals surface area contributed by atoms with Gasteiger partial charge in [0.2, 0.25) is 0 Å². The molecule has 9 heteroatoms. The van der Waals surface area contributed by atoms with E-state index in [1.165, 1.54) is 0 Å². The van der Waals surface area contributed by atoms with Crippen molar-refractivity contribution in [2.75, 3.05) is 11.5 Å². The van der Waals surface area contributed by atoms with E-state index in [-0.39, 0.29) is 28.4 Å². The summed E-state index contributed by atoms with van der Waals surface area (Å²) in [5, 5.41) is 13.1. The standard InChI is InChI=1S/C20H13Cl2N5O2/c21-12-5-1-3-10(7-12)14-9-15-17(26-20(24)19(23)25-15)16(18(14)27(28)29)11-4-2-6-13(22)8-11/h1-9H,(H2,23,25)(H2,24,26). The molecule has 0 atom stereocenters. The number of fused-ring (bicyclic) bond motifs is 1. The number of aromatic nitrogens is 2. The fourth-order valence-corrected chi connectivity index (χ4v) is 3.58. The van der Waals surface area contributed by atoms with Crippen molar-refractivity contribution in [2.45, 2.75) is 0 Å². The van der Waals surface area contributed by atoms with Crippen molar-refractivity contribution >= 4 is 51.6 Å². The summed E-state index contributed by atoms with van der Waals surface area (Å²) in [4.78, 5) is 20.3. The van der Waals surface area contributed by atoms with E-state index >= 15 is 0 Å². The monoisotopic (exact) mass is 425 g/mol. The van der Waals surface area contributed by atoms with Crippen LogP contribution in [0.1, 0.15) is 0 Å². The highest BCUT2D eigenvalue weighted by Crippen LogP contribution is 2.44. The van der Waals surface area contributed by atoms with Gasteiger partial charge in [0.1, 0.15) is 5.52 Å². The molecule has 3 aromatic carbocycles. The summed E-state index contributed by atoms with van der Waals surface area (Å²) in [6, 6.07) is 15.1. The number of anilines is 2. The molecule has 0 bridgehead atoms. The van der Waals surface area contributed by atoms with E-state index in [0.29, 0.717) is 32.3 Å². The molecule has 144 valence electrons. The lowest BCUT2D eigenvalue weighted by Crippen LogP contribution is -2.04. The SMILES string of the molecule is Nc1nc2cc(-c3cccc(Cl)c3)c([N+](=O)[O-])c(-c3cccc(Cl)c3)c2nc1N. The number of rotatable bonds is 3. The number of hydrogen-bond acceptors (Lipinski definition) is 6. The number of nitrogens with two attached hydrogens (primary N) is 2. The lowest BCUT2D eigenvalue weighted by atomic mass is 9.94. The third-order valence-corrected chi connectivity index (χ3v) is 4.89. The van der Waals surface area contributed by atoms with E-state index in [1.807, 2.05) is 0 Å². The van der Waals surface area contributed by atoms with Crippen LogP contribution in [0, 0.1) is 10.1 Å². The van der Waals surface area contributed by atoms with E-state index in [4.69, 9.17) is 34.7 Å². The second kappa shape index (κ2) is 7.20. The molecule has 0 saturated heterocycles. The summed E-state index contributed by atoms with van der Waals surface area (Å²) in [5.41, 5.74) is 13.8. The van der Waals surface area contributed by atoms with Gasteiger partial charge in [0.15, 0.2) is 11.6 Å². The molecule has 0 saturated carbocycles. The van der Waals surface area contributed by atoms with Gasteiger partial charge in [-0.25, -0.2) is 9.97 Å². The number of nitrogens with zero attached hydrogens (tertiary/aromatic N) is 3. The molecule has 4 rings (SSSR count). The summed E-state index contributed by atoms with van der Waals surface area (Å²) >= 11 is 12.3. The van der Waals surface area contributed by atoms with Gasteiger partial charge in [0, 0.05) is 10.0 Å². The minimum atomic E-state index is -0.458. The van der Waals surface area contributed by atoms with Gasteiger partial charge in [-0.2, -0.15) is 0 Å². The molecule has 7 nitrogen and oxygen atoms in total. The Morgan fingerprint density at radius 3 is 2.07 bits per heavy atom. The summed E-state index contributed by atoms with van der Waals surface area (Å²) < 4.78 is 0. The smallest absolute Gasteiger partial charge is 0.287 e. The van der Waals surface area contributed by atoms with Crippen LogP contribution in [0.15, 0.2) is 54.6 Å². The quantitative estimate of drug-likeness (QED) is 0.337. The van der Waals surface area contributed by atoms with Crippen LogP contribution in [0.2, 0.25) is 10.0 Å². The van der Waals surface area contributed by atoms with E-state index in [9.17, 15) is 10.1 Å². The number of nitro groups is 1. The number of halogens is 2. The van der Waals surface area contributed by atoms with Crippen molar-refractivity contribution in [1.82, 2.24) is 9.97 Å². The van der Waals surface area contributed by atoms with Crippen molar-refractivity contribution in [3.8, 4) is 22.3 Å². The van der Waals surface area contributed by atoms with Crippen LogP contribution in [-0.2, 0) is 0 Å². The van der Waals surface area contributed by atoms with Crippen LogP contribution in [0.3, 0.4) is 0 Å². The first-order valence-corrected chi connectivity index (χ1v) is 9.16. The van der Waals surface area contributed by atoms with E-state index in [2.05, 4.69) is 9.97 Å². The van der Waals surface area contributed by atoms with Crippen molar-refractivity contribution in [3.05, 3.63) is 74.8 Å². The number of hydrogen-bond donors (Lipinski definition) is 2. The van der Waals surface area contributed by atoms with Gasteiger partial charge >= 0.3 is 0 Å². The molecule has 1 heterocycles. The molecule has 0 amide bonds. The maximum atomic E-state index is 12.2. The Kier molecular flexibility index (Phi) is 4.70.